The Balaban J connectivity index is 1.70. The molecule has 5 heteroatoms. The molecule has 1 aromatic rings. The average molecular weight is 296 g/mol. The quantitative estimate of drug-likeness (QED) is 0.596. The molecule has 2 fully saturated rings. The van der Waals surface area contributed by atoms with Crippen LogP contribution in [0.3, 0.4) is 0 Å². The molecule has 4 atom stereocenters. The van der Waals surface area contributed by atoms with E-state index in [0.29, 0.717) is 5.69 Å². The Morgan fingerprint density at radius 2 is 1.45 bits per heavy atom. The Labute approximate surface area is 127 Å². The first kappa shape index (κ1) is 13.2. The van der Waals surface area contributed by atoms with Crippen LogP contribution in [0.2, 0.25) is 0 Å². The van der Waals surface area contributed by atoms with Crippen molar-refractivity contribution in [1.82, 2.24) is 0 Å². The van der Waals surface area contributed by atoms with Crippen molar-refractivity contribution in [2.24, 2.45) is 23.7 Å². The van der Waals surface area contributed by atoms with Gasteiger partial charge in [0, 0.05) is 0 Å². The predicted octanol–water partition coefficient (Wildman–Crippen LogP) is 0.752. The lowest BCUT2D eigenvalue weighted by Crippen LogP contribution is -2.38. The van der Waals surface area contributed by atoms with Gasteiger partial charge in [-0.05, 0) is 42.4 Å². The van der Waals surface area contributed by atoms with Crippen molar-refractivity contribution in [3.05, 3.63) is 42.0 Å². The van der Waals surface area contributed by atoms with Gasteiger partial charge in [0.05, 0.1) is 23.5 Å². The van der Waals surface area contributed by atoms with Crippen LogP contribution in [0.5, 0.6) is 0 Å². The van der Waals surface area contributed by atoms with Gasteiger partial charge in [-0.15, -0.1) is 0 Å². The zero-order valence-electron chi connectivity index (χ0n) is 11.8. The number of hydrogen-bond acceptors (Lipinski definition) is 4. The Kier molecular flexibility index (Phi) is 2.73. The molecular weight excluding hydrogens is 282 g/mol. The number of aromatic carboxylic acids is 1. The molecule has 0 aromatic heterocycles. The molecule has 4 aliphatic rings. The smallest absolute Gasteiger partial charge is 0.238 e. The van der Waals surface area contributed by atoms with Gasteiger partial charge in [-0.25, -0.2) is 0 Å². The molecule has 2 amide bonds. The molecule has 1 saturated heterocycles. The summed E-state index contributed by atoms with van der Waals surface area (Å²) in [7, 11) is 0. The van der Waals surface area contributed by atoms with Crippen LogP contribution in [0.4, 0.5) is 5.69 Å². The third kappa shape index (κ3) is 1.68. The van der Waals surface area contributed by atoms with Crippen molar-refractivity contribution in [1.29, 1.82) is 0 Å². The minimum atomic E-state index is -1.28. The lowest BCUT2D eigenvalue weighted by Gasteiger charge is -2.38. The van der Waals surface area contributed by atoms with Crippen LogP contribution < -0.4 is 10.0 Å². The van der Waals surface area contributed by atoms with E-state index in [2.05, 4.69) is 12.2 Å². The highest BCUT2D eigenvalue weighted by Gasteiger charge is 2.56. The predicted molar refractivity (Wildman–Crippen MR) is 75.6 cm³/mol. The van der Waals surface area contributed by atoms with Gasteiger partial charge in [0.15, 0.2) is 0 Å². The maximum atomic E-state index is 12.7. The van der Waals surface area contributed by atoms with Crippen molar-refractivity contribution >= 4 is 23.5 Å². The first-order valence-corrected chi connectivity index (χ1v) is 7.45. The summed E-state index contributed by atoms with van der Waals surface area (Å²) < 4.78 is 0. The third-order valence-corrected chi connectivity index (χ3v) is 5.12. The molecule has 1 heterocycles. The number of hydrogen-bond donors (Lipinski definition) is 0. The van der Waals surface area contributed by atoms with Crippen LogP contribution in [0.15, 0.2) is 36.4 Å². The van der Waals surface area contributed by atoms with Crippen molar-refractivity contribution in [3.8, 4) is 0 Å². The number of amides is 2. The molecule has 1 saturated carbocycles. The molecule has 0 N–H and O–H groups in total. The fourth-order valence-corrected chi connectivity index (χ4v) is 4.08. The van der Waals surface area contributed by atoms with Gasteiger partial charge in [-0.2, -0.15) is 0 Å². The van der Waals surface area contributed by atoms with Crippen LogP contribution >= 0.6 is 0 Å². The summed E-state index contributed by atoms with van der Waals surface area (Å²) in [4.78, 5) is 37.4. The topological polar surface area (TPSA) is 77.5 Å². The number of carboxylic acids is 1. The van der Waals surface area contributed by atoms with E-state index in [4.69, 9.17) is 0 Å². The molecule has 1 aliphatic heterocycles. The summed E-state index contributed by atoms with van der Waals surface area (Å²) in [5, 5.41) is 10.8. The maximum Gasteiger partial charge on any atom is 0.238 e. The first-order chi connectivity index (χ1) is 10.6. The number of anilines is 1. The Hall–Kier alpha value is -2.43. The third-order valence-electron chi connectivity index (χ3n) is 5.12. The van der Waals surface area contributed by atoms with E-state index < -0.39 is 5.97 Å². The average Bonchev–Trinajstić information content (AvgIpc) is 2.82. The summed E-state index contributed by atoms with van der Waals surface area (Å²) in [5.41, 5.74) is 0.468. The number of carbonyl (C=O) groups excluding carboxylic acids is 3. The SMILES string of the molecule is O=C([O-])c1ccc(N2C(=O)[C@@H]3[C@H](C2=O)[C@@H]2C=C[C@H]3CC2)cc1. The molecule has 2 bridgehead atoms. The van der Waals surface area contributed by atoms with Gasteiger partial charge in [-0.1, -0.05) is 24.3 Å². The Morgan fingerprint density at radius 3 is 1.86 bits per heavy atom. The van der Waals surface area contributed by atoms with Gasteiger partial charge in [0.25, 0.3) is 0 Å². The minimum absolute atomic E-state index is 0.0296. The zero-order valence-corrected chi connectivity index (χ0v) is 11.8. The lowest BCUT2D eigenvalue weighted by molar-refractivity contribution is -0.255. The normalized spacial score (nSPS) is 32.5. The lowest BCUT2D eigenvalue weighted by atomic mass is 9.63. The van der Waals surface area contributed by atoms with Gasteiger partial charge in [0.2, 0.25) is 11.8 Å². The molecule has 1 aromatic carbocycles. The standard InChI is InChI=1S/C17H15NO4/c19-15-13-9-1-2-10(4-3-9)14(13)16(20)18(15)12-7-5-11(6-8-12)17(21)22/h1-2,5-10,13-14H,3-4H2,(H,21,22)/p-1/t9-,10+,13-,14+. The molecular formula is C17H14NO4-. The van der Waals surface area contributed by atoms with E-state index in [0.717, 1.165) is 12.8 Å². The Bertz CT molecular complexity index is 674. The zero-order chi connectivity index (χ0) is 15.4. The molecule has 112 valence electrons. The van der Waals surface area contributed by atoms with Crippen LogP contribution in [0.25, 0.3) is 0 Å². The van der Waals surface area contributed by atoms with Crippen LogP contribution in [-0.4, -0.2) is 17.8 Å². The first-order valence-electron chi connectivity index (χ1n) is 7.45. The van der Waals surface area contributed by atoms with E-state index in [-0.39, 0.29) is 41.0 Å². The van der Waals surface area contributed by atoms with Crippen molar-refractivity contribution < 1.29 is 19.5 Å². The molecule has 0 radical (unpaired) electrons. The number of carboxylic acid groups (broad SMARTS) is 1. The largest absolute Gasteiger partial charge is 0.545 e. The van der Waals surface area contributed by atoms with Gasteiger partial charge < -0.3 is 9.90 Å². The number of allylic oxidation sites excluding steroid dienone is 2. The van der Waals surface area contributed by atoms with Crippen LogP contribution in [-0.2, 0) is 9.59 Å². The summed E-state index contributed by atoms with van der Waals surface area (Å²) >= 11 is 0. The van der Waals surface area contributed by atoms with E-state index in [1.165, 1.54) is 29.2 Å². The minimum Gasteiger partial charge on any atom is -0.545 e. The molecule has 0 spiro atoms. The number of carbonyl (C=O) groups is 3. The Morgan fingerprint density at radius 1 is 0.955 bits per heavy atom. The fourth-order valence-electron chi connectivity index (χ4n) is 4.08. The second-order valence-corrected chi connectivity index (χ2v) is 6.19. The van der Waals surface area contributed by atoms with Gasteiger partial charge in [0.1, 0.15) is 0 Å². The van der Waals surface area contributed by atoms with Crippen molar-refractivity contribution in [2.45, 2.75) is 12.8 Å². The van der Waals surface area contributed by atoms with Crippen molar-refractivity contribution in [2.75, 3.05) is 4.90 Å². The number of imide groups is 1. The second kappa shape index (κ2) is 4.53. The number of nitrogens with zero attached hydrogens (tertiary/aromatic N) is 1. The summed E-state index contributed by atoms with van der Waals surface area (Å²) in [6, 6.07) is 5.71. The molecule has 22 heavy (non-hydrogen) atoms. The fraction of sp³-hybridized carbons (Fsp3) is 0.353. The van der Waals surface area contributed by atoms with E-state index >= 15 is 0 Å². The number of benzene rings is 1. The summed E-state index contributed by atoms with van der Waals surface area (Å²) in [5.74, 6) is -1.79. The number of rotatable bonds is 2. The summed E-state index contributed by atoms with van der Waals surface area (Å²) in [6.45, 7) is 0. The molecule has 5 rings (SSSR count). The molecule has 3 aliphatic carbocycles. The van der Waals surface area contributed by atoms with Gasteiger partial charge in [-0.3, -0.25) is 14.5 Å². The highest BCUT2D eigenvalue weighted by atomic mass is 16.4. The van der Waals surface area contributed by atoms with Gasteiger partial charge >= 0.3 is 0 Å². The monoisotopic (exact) mass is 296 g/mol. The highest BCUT2D eigenvalue weighted by Crippen LogP contribution is 2.50. The van der Waals surface area contributed by atoms with Crippen LogP contribution in [0, 0.1) is 23.7 Å². The van der Waals surface area contributed by atoms with Crippen molar-refractivity contribution in [3.63, 3.8) is 0 Å². The second-order valence-electron chi connectivity index (χ2n) is 6.19. The molecule has 5 nitrogen and oxygen atoms in total. The molecule has 0 unspecified atom stereocenters. The highest BCUT2D eigenvalue weighted by molar-refractivity contribution is 6.22. The van der Waals surface area contributed by atoms with E-state index in [1.807, 2.05) is 0 Å². The van der Waals surface area contributed by atoms with Crippen LogP contribution in [0.1, 0.15) is 23.2 Å². The maximum absolute atomic E-state index is 12.7. The van der Waals surface area contributed by atoms with E-state index in [9.17, 15) is 19.5 Å². The summed E-state index contributed by atoms with van der Waals surface area (Å²) in [6.07, 6.45) is 6.06. The number of fused-ring (bicyclic) bond motifs is 1. The van der Waals surface area contributed by atoms with E-state index in [1.54, 1.807) is 0 Å².